The van der Waals surface area contributed by atoms with Crippen LogP contribution in [0.5, 0.6) is 0 Å². The molecule has 0 unspecified atom stereocenters. The Balaban J connectivity index is 2.05. The van der Waals surface area contributed by atoms with Crippen molar-refractivity contribution in [1.82, 2.24) is 9.78 Å². The second kappa shape index (κ2) is 8.63. The van der Waals surface area contributed by atoms with E-state index in [1.165, 1.54) is 13.0 Å². The quantitative estimate of drug-likeness (QED) is 0.435. The van der Waals surface area contributed by atoms with E-state index < -0.39 is 22.9 Å². The predicted octanol–water partition coefficient (Wildman–Crippen LogP) is 3.60. The van der Waals surface area contributed by atoms with Gasteiger partial charge in [0.1, 0.15) is 5.82 Å². The van der Waals surface area contributed by atoms with E-state index in [-0.39, 0.29) is 22.3 Å². The molecule has 0 bridgehead atoms. The number of non-ortho nitro benzene ring substituents is 1. The lowest BCUT2D eigenvalue weighted by Gasteiger charge is -2.17. The van der Waals surface area contributed by atoms with E-state index in [4.69, 9.17) is 16.3 Å². The highest BCUT2D eigenvalue weighted by Crippen LogP contribution is 2.23. The molecule has 1 aromatic carbocycles. The molecule has 0 saturated carbocycles. The zero-order chi connectivity index (χ0) is 20.1. The van der Waals surface area contributed by atoms with Crippen LogP contribution in [0.1, 0.15) is 43.6 Å². The van der Waals surface area contributed by atoms with Gasteiger partial charge in [-0.05, 0) is 26.3 Å². The van der Waals surface area contributed by atoms with Crippen LogP contribution in [0, 0.1) is 10.1 Å². The normalized spacial score (nSPS) is 12.9. The molecule has 2 atom stereocenters. The number of benzene rings is 1. The molecule has 1 N–H and O–H groups in total. The number of rotatable bonds is 7. The van der Waals surface area contributed by atoms with Gasteiger partial charge in [-0.15, -0.1) is 0 Å². The molecule has 0 saturated heterocycles. The van der Waals surface area contributed by atoms with Gasteiger partial charge in [0.05, 0.1) is 27.7 Å². The lowest BCUT2D eigenvalue weighted by atomic mass is 10.2. The molecule has 0 fully saturated rings. The Labute approximate surface area is 160 Å². The number of nitrogens with zero attached hydrogens (tertiary/aromatic N) is 3. The van der Waals surface area contributed by atoms with E-state index in [2.05, 4.69) is 10.4 Å². The summed E-state index contributed by atoms with van der Waals surface area (Å²) in [6.45, 7) is 5.37. The molecular weight excluding hydrogens is 376 g/mol. The van der Waals surface area contributed by atoms with Crippen LogP contribution < -0.4 is 5.32 Å². The van der Waals surface area contributed by atoms with E-state index in [0.29, 0.717) is 5.82 Å². The van der Waals surface area contributed by atoms with Crippen LogP contribution in [0.4, 0.5) is 11.5 Å². The van der Waals surface area contributed by atoms with Gasteiger partial charge in [0.2, 0.25) is 0 Å². The third-order valence-electron chi connectivity index (χ3n) is 3.97. The summed E-state index contributed by atoms with van der Waals surface area (Å²) < 4.78 is 6.79. The fourth-order valence-corrected chi connectivity index (χ4v) is 2.48. The standard InChI is InChI=1S/C17H19ClN4O5/c1-4-10(2)21-15(7-8-19-21)20-16(23)11(3)27-17(24)13-6-5-12(22(25)26)9-14(13)18/h5-11H,4H2,1-3H3,(H,20,23)/t10-,11+/m1/s1. The maximum atomic E-state index is 12.3. The number of carbonyl (C=O) groups excluding carboxylic acids is 2. The summed E-state index contributed by atoms with van der Waals surface area (Å²) in [4.78, 5) is 34.6. The molecule has 0 spiro atoms. The summed E-state index contributed by atoms with van der Waals surface area (Å²) in [6, 6.07) is 5.11. The van der Waals surface area contributed by atoms with E-state index in [9.17, 15) is 19.7 Å². The number of nitro benzene ring substituents is 1. The SMILES string of the molecule is CC[C@@H](C)n1nccc1NC(=O)[C@H](C)OC(=O)c1ccc([N+](=O)[O-])cc1Cl. The number of hydrogen-bond donors (Lipinski definition) is 1. The largest absolute Gasteiger partial charge is 0.449 e. The lowest BCUT2D eigenvalue weighted by Crippen LogP contribution is -2.31. The first-order valence-corrected chi connectivity index (χ1v) is 8.61. The summed E-state index contributed by atoms with van der Waals surface area (Å²) >= 11 is 5.90. The van der Waals surface area contributed by atoms with Crippen LogP contribution in [0.15, 0.2) is 30.5 Å². The van der Waals surface area contributed by atoms with Gasteiger partial charge in [-0.3, -0.25) is 14.9 Å². The first-order chi connectivity index (χ1) is 12.7. The highest BCUT2D eigenvalue weighted by Gasteiger charge is 2.23. The number of nitro groups is 1. The Morgan fingerprint density at radius 2 is 2.07 bits per heavy atom. The summed E-state index contributed by atoms with van der Waals surface area (Å²) in [7, 11) is 0. The first-order valence-electron chi connectivity index (χ1n) is 8.23. The number of hydrogen-bond acceptors (Lipinski definition) is 6. The number of amides is 1. The summed E-state index contributed by atoms with van der Waals surface area (Å²) in [6.07, 6.45) is 1.28. The second-order valence-electron chi connectivity index (χ2n) is 5.88. The molecule has 0 aliphatic rings. The number of halogens is 1. The van der Waals surface area contributed by atoms with E-state index in [0.717, 1.165) is 18.6 Å². The molecule has 1 amide bonds. The van der Waals surface area contributed by atoms with Crippen LogP contribution >= 0.6 is 11.6 Å². The number of aromatic nitrogens is 2. The number of esters is 1. The number of carbonyl (C=O) groups is 2. The highest BCUT2D eigenvalue weighted by atomic mass is 35.5. The maximum absolute atomic E-state index is 12.3. The minimum atomic E-state index is -1.11. The monoisotopic (exact) mass is 394 g/mol. The van der Waals surface area contributed by atoms with Crippen molar-refractivity contribution in [2.75, 3.05) is 5.32 Å². The molecule has 27 heavy (non-hydrogen) atoms. The molecule has 1 heterocycles. The van der Waals surface area contributed by atoms with Crippen molar-refractivity contribution >= 4 is 35.0 Å². The van der Waals surface area contributed by atoms with Crippen molar-refractivity contribution in [3.63, 3.8) is 0 Å². The minimum absolute atomic E-state index is 0.0634. The molecule has 2 aromatic rings. The summed E-state index contributed by atoms with van der Waals surface area (Å²) in [5, 5.41) is 17.4. The third kappa shape index (κ3) is 4.82. The molecule has 0 radical (unpaired) electrons. The molecule has 0 aliphatic carbocycles. The molecule has 1 aromatic heterocycles. The van der Waals surface area contributed by atoms with Crippen molar-refractivity contribution in [3.8, 4) is 0 Å². The van der Waals surface area contributed by atoms with Gasteiger partial charge < -0.3 is 10.1 Å². The Hall–Kier alpha value is -2.94. The van der Waals surface area contributed by atoms with Gasteiger partial charge >= 0.3 is 5.97 Å². The molecular formula is C17H19ClN4O5. The Morgan fingerprint density at radius 1 is 1.37 bits per heavy atom. The second-order valence-corrected chi connectivity index (χ2v) is 6.28. The molecule has 0 aliphatic heterocycles. The topological polar surface area (TPSA) is 116 Å². The van der Waals surface area contributed by atoms with Gasteiger partial charge in [0.15, 0.2) is 6.10 Å². The summed E-state index contributed by atoms with van der Waals surface area (Å²) in [5.41, 5.74) is -0.313. The smallest absolute Gasteiger partial charge is 0.340 e. The van der Waals surface area contributed by atoms with Crippen LogP contribution in [0.2, 0.25) is 5.02 Å². The van der Waals surface area contributed by atoms with Crippen molar-refractivity contribution in [2.24, 2.45) is 0 Å². The van der Waals surface area contributed by atoms with Gasteiger partial charge in [-0.1, -0.05) is 18.5 Å². The molecule has 9 nitrogen and oxygen atoms in total. The number of nitrogens with one attached hydrogen (secondary N) is 1. The van der Waals surface area contributed by atoms with Crippen molar-refractivity contribution in [1.29, 1.82) is 0 Å². The lowest BCUT2D eigenvalue weighted by molar-refractivity contribution is -0.384. The fraction of sp³-hybridized carbons (Fsp3) is 0.353. The zero-order valence-corrected chi connectivity index (χ0v) is 15.8. The van der Waals surface area contributed by atoms with E-state index >= 15 is 0 Å². The number of anilines is 1. The molecule has 144 valence electrons. The highest BCUT2D eigenvalue weighted by molar-refractivity contribution is 6.33. The van der Waals surface area contributed by atoms with Gasteiger partial charge in [0, 0.05) is 18.2 Å². The van der Waals surface area contributed by atoms with E-state index in [1.807, 2.05) is 13.8 Å². The summed E-state index contributed by atoms with van der Waals surface area (Å²) in [5.74, 6) is -0.898. The zero-order valence-electron chi connectivity index (χ0n) is 15.0. The molecule has 2 rings (SSSR count). The fourth-order valence-electron chi connectivity index (χ4n) is 2.23. The number of ether oxygens (including phenoxy) is 1. The predicted molar refractivity (Wildman–Crippen MR) is 98.8 cm³/mol. The Kier molecular flexibility index (Phi) is 6.51. The maximum Gasteiger partial charge on any atom is 0.340 e. The van der Waals surface area contributed by atoms with Crippen molar-refractivity contribution in [3.05, 3.63) is 51.2 Å². The average Bonchev–Trinajstić information content (AvgIpc) is 3.08. The van der Waals surface area contributed by atoms with Gasteiger partial charge in [-0.2, -0.15) is 5.10 Å². The molecule has 10 heteroatoms. The third-order valence-corrected chi connectivity index (χ3v) is 4.28. The minimum Gasteiger partial charge on any atom is -0.449 e. The van der Waals surface area contributed by atoms with E-state index in [1.54, 1.807) is 16.9 Å². The Bertz CT molecular complexity index is 867. The van der Waals surface area contributed by atoms with Crippen molar-refractivity contribution in [2.45, 2.75) is 39.3 Å². The van der Waals surface area contributed by atoms with Gasteiger partial charge in [-0.25, -0.2) is 9.48 Å². The first kappa shape index (κ1) is 20.4. The Morgan fingerprint density at radius 3 is 2.67 bits per heavy atom. The van der Waals surface area contributed by atoms with Crippen LogP contribution in [-0.4, -0.2) is 32.7 Å². The van der Waals surface area contributed by atoms with Crippen LogP contribution in [0.3, 0.4) is 0 Å². The van der Waals surface area contributed by atoms with Crippen molar-refractivity contribution < 1.29 is 19.2 Å². The van der Waals surface area contributed by atoms with Crippen LogP contribution in [0.25, 0.3) is 0 Å². The van der Waals surface area contributed by atoms with Gasteiger partial charge in [0.25, 0.3) is 11.6 Å². The average molecular weight is 395 g/mol. The van der Waals surface area contributed by atoms with Crippen LogP contribution in [-0.2, 0) is 9.53 Å².